The van der Waals surface area contributed by atoms with Crippen LogP contribution in [0.1, 0.15) is 152 Å². The van der Waals surface area contributed by atoms with Gasteiger partial charge in [-0.25, -0.2) is 23.3 Å². The van der Waals surface area contributed by atoms with Gasteiger partial charge in [-0.05, 0) is 60.7 Å². The molecule has 0 saturated carbocycles. The van der Waals surface area contributed by atoms with E-state index in [1.807, 2.05) is 6.92 Å². The van der Waals surface area contributed by atoms with Crippen molar-refractivity contribution in [2.45, 2.75) is 168 Å². The van der Waals surface area contributed by atoms with E-state index >= 15 is 0 Å². The minimum atomic E-state index is -5.91. The summed E-state index contributed by atoms with van der Waals surface area (Å²) in [5.74, 6) is -0.131. The number of nitrogens with zero attached hydrogens (tertiary/aromatic N) is 4. The molecule has 0 aliphatic carbocycles. The minimum Gasteiger partial charge on any atom is -0.434 e. The van der Waals surface area contributed by atoms with Crippen LogP contribution < -0.4 is 33.0 Å². The van der Waals surface area contributed by atoms with Crippen LogP contribution in [0.15, 0.2) is 69.4 Å². The Hall–Kier alpha value is -4.54. The number of ether oxygens (including phenoxy) is 4. The van der Waals surface area contributed by atoms with Gasteiger partial charge in [0.1, 0.15) is 17.7 Å². The summed E-state index contributed by atoms with van der Waals surface area (Å²) in [5, 5.41) is 3.57. The van der Waals surface area contributed by atoms with Gasteiger partial charge in [0, 0.05) is 29.5 Å². The van der Waals surface area contributed by atoms with Crippen LogP contribution in [0.2, 0.25) is 0 Å². The molecule has 2 aromatic carbocycles. The van der Waals surface area contributed by atoms with Crippen molar-refractivity contribution >= 4 is 35.6 Å². The Morgan fingerprint density at radius 2 is 1.26 bits per heavy atom. The summed E-state index contributed by atoms with van der Waals surface area (Å²) in [6.07, 6.45) is 16.1. The first-order valence-corrected chi connectivity index (χ1v) is 28.8. The number of phosphoric ester groups is 2. The predicted octanol–water partition coefficient (Wildman–Crippen LogP) is 12.0. The Balaban J connectivity index is 0.00000937. The zero-order valence-corrected chi connectivity index (χ0v) is 45.1. The highest BCUT2D eigenvalue weighted by Crippen LogP contribution is 2.69. The third-order valence-corrected chi connectivity index (χ3v) is 15.8. The van der Waals surface area contributed by atoms with Crippen molar-refractivity contribution in [3.8, 4) is 11.5 Å². The number of aromatic nitrogens is 2. The summed E-state index contributed by atoms with van der Waals surface area (Å²) in [7, 11) is -16.8. The van der Waals surface area contributed by atoms with Crippen LogP contribution in [0.3, 0.4) is 0 Å². The van der Waals surface area contributed by atoms with Gasteiger partial charge in [-0.3, -0.25) is 32.7 Å². The Labute approximate surface area is 430 Å². The third-order valence-electron chi connectivity index (χ3n) is 11.2. The van der Waals surface area contributed by atoms with E-state index < -0.39 is 85.0 Å². The highest BCUT2D eigenvalue weighted by atomic mass is 31.3. The first-order valence-electron chi connectivity index (χ1n) is 24.3. The molecule has 2 heterocycles. The van der Waals surface area contributed by atoms with Crippen LogP contribution in [0.5, 0.6) is 11.5 Å². The summed E-state index contributed by atoms with van der Waals surface area (Å²) in [6, 6.07) is 10.2. The number of hydrogen-bond acceptors (Lipinski definition) is 19. The van der Waals surface area contributed by atoms with E-state index in [1.54, 1.807) is 0 Å². The second kappa shape index (κ2) is 34.2. The van der Waals surface area contributed by atoms with Crippen molar-refractivity contribution in [1.29, 1.82) is 0 Å². The maximum absolute atomic E-state index is 14.0. The standard InChI is InChI=1S/C46H68N5O18P3.2H3N/c1-4-6-8-9-10-11-12-13-14-15-16-17-18-19-29-61-46(55)66-39-27-23-37(24-28-39)33-64-72(60,63-32-36-21-25-38(26-22-36)65-43(52)20-7-5-2)69-71(58,59)68-70(56,57)62-34-41-40(49-50-47)30-42(67-41)51-31-35(3)44(53)48-45(51)54;;/h21-28,31,40-42H,4-20,29-30,32-34H2,1-3H3,(H,56,57)(H,58,59)(H,48,53,54);2*1H3/t40?,41-,42-,72?;;/m1../s1. The Morgan fingerprint density at radius 3 is 1.78 bits per heavy atom. The maximum atomic E-state index is 14.0. The summed E-state index contributed by atoms with van der Waals surface area (Å²) in [5.41, 5.74) is 8.32. The van der Waals surface area contributed by atoms with E-state index in [1.165, 1.54) is 126 Å². The number of hydrogen-bond donors (Lipinski definition) is 5. The van der Waals surface area contributed by atoms with Gasteiger partial charge < -0.3 is 41.0 Å². The van der Waals surface area contributed by atoms with Gasteiger partial charge >= 0.3 is 41.3 Å². The van der Waals surface area contributed by atoms with Gasteiger partial charge in [0.25, 0.3) is 5.56 Å². The summed E-state index contributed by atoms with van der Waals surface area (Å²) in [6.45, 7) is 3.67. The molecule has 25 nitrogen and oxygen atoms in total. The van der Waals surface area contributed by atoms with Crippen molar-refractivity contribution in [3.63, 3.8) is 0 Å². The molecule has 9 N–H and O–H groups in total. The zero-order chi connectivity index (χ0) is 52.4. The number of esters is 1. The normalized spacial score (nSPS) is 17.6. The summed E-state index contributed by atoms with van der Waals surface area (Å²) >= 11 is 0. The molecule has 1 aromatic heterocycles. The molecule has 1 saturated heterocycles. The molecule has 1 aliphatic rings. The summed E-state index contributed by atoms with van der Waals surface area (Å²) in [4.78, 5) is 74.7. The van der Waals surface area contributed by atoms with Gasteiger partial charge in [-0.15, -0.1) is 0 Å². The second-order valence-electron chi connectivity index (χ2n) is 17.2. The fourth-order valence-electron chi connectivity index (χ4n) is 7.27. The van der Waals surface area contributed by atoms with Gasteiger partial charge in [-0.2, -0.15) is 8.62 Å². The SMILES string of the molecule is CCCCCCCCCCCCCCCCOC(=O)Oc1ccc(COP(=O)(OCc2ccc(OC(=O)CCCC)cc2)OP(=O)(O)OP(=O)(O)OC[C@H]2O[C@@H](n3cc(C)c(=O)[nH]c3=O)CC2N=[N+]=[N-])cc1.N.N. The number of nitrogens with one attached hydrogen (secondary N) is 1. The monoisotopic (exact) mass is 1110 g/mol. The average molecular weight is 1110 g/mol. The number of unbranched alkanes of at least 4 members (excludes halogenated alkanes) is 14. The molecule has 3 aromatic rings. The number of aromatic amines is 1. The molecule has 74 heavy (non-hydrogen) atoms. The fourth-order valence-corrected chi connectivity index (χ4v) is 11.3. The van der Waals surface area contributed by atoms with Crippen molar-refractivity contribution in [2.24, 2.45) is 5.11 Å². The lowest BCUT2D eigenvalue weighted by Gasteiger charge is -2.22. The maximum Gasteiger partial charge on any atom is 0.513 e. The van der Waals surface area contributed by atoms with Gasteiger partial charge in [0.2, 0.25) is 0 Å². The molecular formula is C46H74N7O18P3. The molecule has 0 bridgehead atoms. The highest BCUT2D eigenvalue weighted by Gasteiger charge is 2.45. The lowest BCUT2D eigenvalue weighted by Crippen LogP contribution is -2.33. The van der Waals surface area contributed by atoms with E-state index in [9.17, 15) is 42.7 Å². The van der Waals surface area contributed by atoms with Crippen molar-refractivity contribution in [3.05, 3.63) is 103 Å². The molecule has 28 heteroatoms. The molecule has 0 radical (unpaired) electrons. The van der Waals surface area contributed by atoms with Crippen LogP contribution in [0.4, 0.5) is 4.79 Å². The Kier molecular flexibility index (Phi) is 30.3. The second-order valence-corrected chi connectivity index (χ2v) is 22.0. The largest absolute Gasteiger partial charge is 0.513 e. The highest BCUT2D eigenvalue weighted by molar-refractivity contribution is 7.67. The average Bonchev–Trinajstić information content (AvgIpc) is 3.74. The molecule has 0 spiro atoms. The van der Waals surface area contributed by atoms with E-state index in [0.29, 0.717) is 18.4 Å². The zero-order valence-electron chi connectivity index (χ0n) is 42.5. The molecule has 416 valence electrons. The van der Waals surface area contributed by atoms with Crippen LogP contribution in [-0.2, 0) is 63.4 Å². The first-order chi connectivity index (χ1) is 34.4. The number of phosphoric acid groups is 3. The number of benzene rings is 2. The van der Waals surface area contributed by atoms with Gasteiger partial charge in [0.15, 0.2) is 0 Å². The third kappa shape index (κ3) is 24.9. The van der Waals surface area contributed by atoms with E-state index in [0.717, 1.165) is 30.3 Å². The smallest absolute Gasteiger partial charge is 0.434 e. The number of H-pyrrole nitrogens is 1. The minimum absolute atomic E-state index is 0. The molecule has 0 amide bonds. The first kappa shape index (κ1) is 65.6. The van der Waals surface area contributed by atoms with Gasteiger partial charge in [-0.1, -0.05) is 133 Å². The molecule has 4 unspecified atom stereocenters. The van der Waals surface area contributed by atoms with Crippen molar-refractivity contribution in [1.82, 2.24) is 21.9 Å². The van der Waals surface area contributed by atoms with Crippen molar-refractivity contribution in [2.75, 3.05) is 13.2 Å². The van der Waals surface area contributed by atoms with E-state index in [4.69, 9.17) is 42.4 Å². The van der Waals surface area contributed by atoms with Crippen LogP contribution in [-0.4, -0.2) is 56.8 Å². The number of rotatable bonds is 35. The molecule has 1 aliphatic heterocycles. The Bertz CT molecular complexity index is 2470. The fraction of sp³-hybridized carbons (Fsp3) is 0.609. The van der Waals surface area contributed by atoms with Gasteiger partial charge in [0.05, 0.1) is 38.6 Å². The summed E-state index contributed by atoms with van der Waals surface area (Å²) < 4.78 is 87.7. The lowest BCUT2D eigenvalue weighted by molar-refractivity contribution is -0.134. The van der Waals surface area contributed by atoms with Crippen LogP contribution in [0, 0.1) is 6.92 Å². The van der Waals surface area contributed by atoms with E-state index in [-0.39, 0.29) is 54.4 Å². The number of azide groups is 1. The van der Waals surface area contributed by atoms with E-state index in [2.05, 4.69) is 26.2 Å². The topological polar surface area (TPSA) is 382 Å². The number of carbonyl (C=O) groups excluding carboxylic acids is 2. The van der Waals surface area contributed by atoms with Crippen LogP contribution >= 0.6 is 23.5 Å². The number of carbonyl (C=O) groups is 2. The number of aryl methyl sites for hydroxylation is 1. The molecule has 1 fully saturated rings. The quantitative estimate of drug-likeness (QED) is 0.00534. The Morgan fingerprint density at radius 1 is 0.743 bits per heavy atom. The molecular weight excluding hydrogens is 1030 g/mol. The van der Waals surface area contributed by atoms with Crippen molar-refractivity contribution < 1.29 is 74.2 Å². The lowest BCUT2D eigenvalue weighted by atomic mass is 10.0. The molecule has 6 atom stereocenters. The molecule has 4 rings (SSSR count). The van der Waals surface area contributed by atoms with Crippen LogP contribution in [0.25, 0.3) is 10.4 Å². The predicted molar refractivity (Wildman–Crippen MR) is 273 cm³/mol.